The summed E-state index contributed by atoms with van der Waals surface area (Å²) in [6.45, 7) is 14.3. The van der Waals surface area contributed by atoms with Crippen LogP contribution in [0.25, 0.3) is 0 Å². The molecular weight excluding hydrogens is 204 g/mol. The van der Waals surface area contributed by atoms with Crippen LogP contribution in [0.1, 0.15) is 62.8 Å². The van der Waals surface area contributed by atoms with E-state index in [0.717, 1.165) is 0 Å². The predicted octanol–water partition coefficient (Wildman–Crippen LogP) is 3.44. The van der Waals surface area contributed by atoms with Gasteiger partial charge in [0, 0.05) is 7.11 Å². The second kappa shape index (κ2) is 11.1. The van der Waals surface area contributed by atoms with Gasteiger partial charge in [-0.15, -0.1) is 0 Å². The monoisotopic (exact) mass is 236 g/mol. The van der Waals surface area contributed by atoms with Crippen molar-refractivity contribution in [3.63, 3.8) is 0 Å². The Balaban J connectivity index is -0.0000000668. The number of carbonyl (C=O) groups is 1. The molecule has 0 heterocycles. The van der Waals surface area contributed by atoms with Gasteiger partial charge >= 0.3 is 0 Å². The van der Waals surface area contributed by atoms with Crippen molar-refractivity contribution in [1.82, 2.24) is 0 Å². The van der Waals surface area contributed by atoms with Crippen LogP contribution in [0.4, 0.5) is 0 Å². The molecule has 0 aromatic carbocycles. The van der Waals surface area contributed by atoms with E-state index < -0.39 is 5.60 Å². The third-order valence-electron chi connectivity index (χ3n) is 0.612. The van der Waals surface area contributed by atoms with Crippen LogP contribution in [0.5, 0.6) is 0 Å². The maximum atomic E-state index is 9.44. The SMILES string of the molecule is C.CC(C)(C)O.CC(C)=O.COC(C)(C)C. The average molecular weight is 236 g/mol. The van der Waals surface area contributed by atoms with Crippen molar-refractivity contribution in [2.24, 2.45) is 0 Å². The fourth-order valence-corrected chi connectivity index (χ4v) is 0. The van der Waals surface area contributed by atoms with Gasteiger partial charge in [0.15, 0.2) is 0 Å². The van der Waals surface area contributed by atoms with Crippen molar-refractivity contribution in [3.05, 3.63) is 0 Å². The van der Waals surface area contributed by atoms with Gasteiger partial charge in [-0.05, 0) is 55.4 Å². The van der Waals surface area contributed by atoms with Crippen molar-refractivity contribution in [2.45, 2.75) is 74.0 Å². The van der Waals surface area contributed by atoms with Crippen molar-refractivity contribution >= 4 is 5.78 Å². The molecule has 0 aromatic rings. The highest BCUT2D eigenvalue weighted by molar-refractivity contribution is 5.72. The van der Waals surface area contributed by atoms with Gasteiger partial charge in [-0.25, -0.2) is 0 Å². The third kappa shape index (κ3) is 321. The van der Waals surface area contributed by atoms with Crippen LogP contribution in [0.15, 0.2) is 0 Å². The lowest BCUT2D eigenvalue weighted by Crippen LogP contribution is -2.15. The fourth-order valence-electron chi connectivity index (χ4n) is 0. The lowest BCUT2D eigenvalue weighted by Gasteiger charge is -2.14. The normalized spacial score (nSPS) is 9.88. The van der Waals surface area contributed by atoms with E-state index in [2.05, 4.69) is 0 Å². The molecular formula is C13H32O3. The van der Waals surface area contributed by atoms with E-state index in [-0.39, 0.29) is 18.8 Å². The minimum Gasteiger partial charge on any atom is -0.391 e. The van der Waals surface area contributed by atoms with Gasteiger partial charge in [0.2, 0.25) is 0 Å². The minimum absolute atomic E-state index is 0. The molecule has 3 heteroatoms. The van der Waals surface area contributed by atoms with Crippen LogP contribution in [0.2, 0.25) is 0 Å². The molecule has 0 saturated heterocycles. The number of carbonyl (C=O) groups excluding carboxylic acids is 1. The topological polar surface area (TPSA) is 46.5 Å². The zero-order valence-electron chi connectivity index (χ0n) is 11.8. The van der Waals surface area contributed by atoms with Gasteiger partial charge in [-0.2, -0.15) is 0 Å². The summed E-state index contributed by atoms with van der Waals surface area (Å²) in [6, 6.07) is 0. The maximum absolute atomic E-state index is 9.44. The third-order valence-corrected chi connectivity index (χ3v) is 0.612. The van der Waals surface area contributed by atoms with Crippen molar-refractivity contribution in [3.8, 4) is 0 Å². The van der Waals surface area contributed by atoms with Crippen LogP contribution in [0, 0.1) is 0 Å². The second-order valence-corrected chi connectivity index (χ2v) is 5.40. The summed E-state index contributed by atoms with van der Waals surface area (Å²) in [5, 5.41) is 8.52. The highest BCUT2D eigenvalue weighted by Crippen LogP contribution is 2.02. The molecule has 0 amide bonds. The van der Waals surface area contributed by atoms with E-state index in [1.807, 2.05) is 20.8 Å². The summed E-state index contributed by atoms with van der Waals surface area (Å²) in [5.74, 6) is 0.167. The summed E-state index contributed by atoms with van der Waals surface area (Å²) in [6.07, 6.45) is 0. The Morgan fingerprint density at radius 2 is 1.06 bits per heavy atom. The number of methoxy groups -OCH3 is 1. The smallest absolute Gasteiger partial charge is 0.126 e. The quantitative estimate of drug-likeness (QED) is 0.701. The molecule has 1 N–H and O–H groups in total. The molecule has 0 aromatic heterocycles. The van der Waals surface area contributed by atoms with Crippen molar-refractivity contribution in [2.75, 3.05) is 7.11 Å². The largest absolute Gasteiger partial charge is 0.391 e. The summed E-state index contributed by atoms with van der Waals surface area (Å²) < 4.78 is 4.94. The van der Waals surface area contributed by atoms with Crippen molar-refractivity contribution < 1.29 is 14.6 Å². The molecule has 0 rings (SSSR count). The summed E-state index contributed by atoms with van der Waals surface area (Å²) in [4.78, 5) is 9.44. The number of rotatable bonds is 0. The van der Waals surface area contributed by atoms with Gasteiger partial charge in [0.25, 0.3) is 0 Å². The summed E-state index contributed by atoms with van der Waals surface area (Å²) >= 11 is 0. The number of hydrogen-bond donors (Lipinski definition) is 1. The highest BCUT2D eigenvalue weighted by atomic mass is 16.5. The molecule has 0 aliphatic heterocycles. The molecule has 102 valence electrons. The van der Waals surface area contributed by atoms with Gasteiger partial charge in [0.05, 0.1) is 11.2 Å². The van der Waals surface area contributed by atoms with Gasteiger partial charge in [0.1, 0.15) is 5.78 Å². The van der Waals surface area contributed by atoms with Gasteiger partial charge in [-0.1, -0.05) is 7.43 Å². The maximum Gasteiger partial charge on any atom is 0.126 e. The van der Waals surface area contributed by atoms with Crippen LogP contribution in [0.3, 0.4) is 0 Å². The van der Waals surface area contributed by atoms with Gasteiger partial charge < -0.3 is 14.6 Å². The number of hydrogen-bond acceptors (Lipinski definition) is 3. The van der Waals surface area contributed by atoms with E-state index in [1.54, 1.807) is 27.9 Å². The highest BCUT2D eigenvalue weighted by Gasteiger charge is 2.04. The van der Waals surface area contributed by atoms with Crippen LogP contribution < -0.4 is 0 Å². The van der Waals surface area contributed by atoms with Crippen LogP contribution in [-0.4, -0.2) is 29.2 Å². The molecule has 0 bridgehead atoms. The fraction of sp³-hybridized carbons (Fsp3) is 0.923. The standard InChI is InChI=1S/C5H12O.C4H10O.C3H6O.CH4/c1-5(2,3)6-4;1-4(2,3)5;1-3(2)4;/h1-4H3;5H,1-3H3;1-2H3;1H4. The van der Waals surface area contributed by atoms with Crippen molar-refractivity contribution in [1.29, 1.82) is 0 Å². The second-order valence-electron chi connectivity index (χ2n) is 5.40. The van der Waals surface area contributed by atoms with Crippen LogP contribution in [-0.2, 0) is 9.53 Å². The molecule has 0 aliphatic carbocycles. The average Bonchev–Trinajstić information content (AvgIpc) is 1.80. The molecule has 0 radical (unpaired) electrons. The minimum atomic E-state index is -0.500. The van der Waals surface area contributed by atoms with Crippen LogP contribution >= 0.6 is 0 Å². The zero-order chi connectivity index (χ0) is 13.3. The molecule has 0 saturated carbocycles. The molecule has 0 aliphatic rings. The predicted molar refractivity (Wildman–Crippen MR) is 71.8 cm³/mol. The van der Waals surface area contributed by atoms with E-state index in [0.29, 0.717) is 0 Å². The number of ether oxygens (including phenoxy) is 1. The Morgan fingerprint density at radius 3 is 1.06 bits per heavy atom. The van der Waals surface area contributed by atoms with E-state index in [1.165, 1.54) is 13.8 Å². The molecule has 0 fully saturated rings. The Hall–Kier alpha value is -0.410. The van der Waals surface area contributed by atoms with E-state index in [9.17, 15) is 4.79 Å². The Kier molecular flexibility index (Phi) is 17.1. The number of Topliss-reactive ketones (excluding diaryl/α,β-unsaturated/α-hetero) is 1. The first-order valence-corrected chi connectivity index (χ1v) is 5.04. The van der Waals surface area contributed by atoms with Gasteiger partial charge in [-0.3, -0.25) is 0 Å². The lowest BCUT2D eigenvalue weighted by atomic mass is 10.2. The molecule has 0 unspecified atom stereocenters. The lowest BCUT2D eigenvalue weighted by molar-refractivity contribution is -0.115. The first kappa shape index (κ1) is 24.7. The molecule has 3 nitrogen and oxygen atoms in total. The Labute approximate surface area is 102 Å². The summed E-state index contributed by atoms with van der Waals surface area (Å²) in [7, 11) is 1.71. The van der Waals surface area contributed by atoms with E-state index >= 15 is 0 Å². The van der Waals surface area contributed by atoms with E-state index in [4.69, 9.17) is 9.84 Å². The molecule has 0 spiro atoms. The zero-order valence-corrected chi connectivity index (χ0v) is 11.8. The Morgan fingerprint density at radius 1 is 1.00 bits per heavy atom. The molecule has 16 heavy (non-hydrogen) atoms. The molecule has 0 atom stereocenters. The first-order chi connectivity index (χ1) is 6.29. The summed E-state index contributed by atoms with van der Waals surface area (Å²) in [5.41, 5.74) is -0.458. The number of aliphatic hydroxyl groups is 1. The Bertz CT molecular complexity index is 140. The number of ketones is 1. The first-order valence-electron chi connectivity index (χ1n) is 5.04.